The first kappa shape index (κ1) is 9.59. The van der Waals surface area contributed by atoms with E-state index in [1.54, 1.807) is 7.05 Å². The van der Waals surface area contributed by atoms with Gasteiger partial charge in [0, 0.05) is 13.6 Å². The molecule has 2 N–H and O–H groups in total. The van der Waals surface area contributed by atoms with Crippen LogP contribution >= 0.6 is 0 Å². The molecule has 1 heterocycles. The number of aromatic amines is 1. The van der Waals surface area contributed by atoms with Gasteiger partial charge in [0.15, 0.2) is 5.82 Å². The summed E-state index contributed by atoms with van der Waals surface area (Å²) >= 11 is 0. The van der Waals surface area contributed by atoms with Gasteiger partial charge in [0.2, 0.25) is 5.91 Å². The molecule has 0 atom stereocenters. The van der Waals surface area contributed by atoms with Crippen LogP contribution < -0.4 is 0 Å². The van der Waals surface area contributed by atoms with Gasteiger partial charge in [0.05, 0.1) is 13.0 Å². The molecule has 0 aliphatic carbocycles. The summed E-state index contributed by atoms with van der Waals surface area (Å²) in [5.41, 5.74) is 0. The van der Waals surface area contributed by atoms with Gasteiger partial charge in [-0.05, 0) is 0 Å². The van der Waals surface area contributed by atoms with Gasteiger partial charge >= 0.3 is 0 Å². The van der Waals surface area contributed by atoms with Crippen LogP contribution in [0.2, 0.25) is 0 Å². The lowest BCUT2D eigenvalue weighted by atomic mass is 10.3. The third-order valence-corrected chi connectivity index (χ3v) is 1.56. The Balaban J connectivity index is 2.41. The van der Waals surface area contributed by atoms with E-state index in [-0.39, 0.29) is 18.9 Å². The number of hydrogen-bond donors (Lipinski definition) is 2. The summed E-state index contributed by atoms with van der Waals surface area (Å²) in [4.78, 5) is 12.7. The van der Waals surface area contributed by atoms with Crippen molar-refractivity contribution in [1.29, 1.82) is 0 Å². The van der Waals surface area contributed by atoms with Gasteiger partial charge in [0.25, 0.3) is 0 Å². The van der Waals surface area contributed by atoms with E-state index in [1.165, 1.54) is 4.90 Å². The predicted molar refractivity (Wildman–Crippen MR) is 42.6 cm³/mol. The lowest BCUT2D eigenvalue weighted by molar-refractivity contribution is -0.129. The highest BCUT2D eigenvalue weighted by atomic mass is 16.3. The molecule has 1 aromatic heterocycles. The van der Waals surface area contributed by atoms with Crippen LogP contribution in [0.4, 0.5) is 0 Å². The highest BCUT2D eigenvalue weighted by Crippen LogP contribution is 1.92. The number of nitrogens with zero attached hydrogens (tertiary/aromatic N) is 4. The summed E-state index contributed by atoms with van der Waals surface area (Å²) in [6.45, 7) is 0.269. The van der Waals surface area contributed by atoms with E-state index < -0.39 is 0 Å². The van der Waals surface area contributed by atoms with Crippen molar-refractivity contribution in [3.8, 4) is 0 Å². The third kappa shape index (κ3) is 2.79. The molecule has 0 saturated heterocycles. The second-order valence-electron chi connectivity index (χ2n) is 2.54. The number of tetrazole rings is 1. The number of likely N-dealkylation sites (N-methyl/N-ethyl adjacent to an activating group) is 1. The molecule has 0 fully saturated rings. The SMILES string of the molecule is CN(CCO)C(=O)Cc1nn[nH]n1. The van der Waals surface area contributed by atoms with Crippen molar-refractivity contribution in [3.05, 3.63) is 5.82 Å². The molecule has 1 aromatic rings. The van der Waals surface area contributed by atoms with Crippen LogP contribution in [-0.2, 0) is 11.2 Å². The zero-order valence-electron chi connectivity index (χ0n) is 7.27. The van der Waals surface area contributed by atoms with Crippen molar-refractivity contribution >= 4 is 5.91 Å². The van der Waals surface area contributed by atoms with Crippen LogP contribution in [0.25, 0.3) is 0 Å². The number of aromatic nitrogens is 4. The number of H-pyrrole nitrogens is 1. The average molecular weight is 185 g/mol. The second-order valence-corrected chi connectivity index (χ2v) is 2.54. The van der Waals surface area contributed by atoms with Crippen LogP contribution in [0.1, 0.15) is 5.82 Å². The van der Waals surface area contributed by atoms with Gasteiger partial charge in [-0.15, -0.1) is 10.2 Å². The highest BCUT2D eigenvalue weighted by Gasteiger charge is 2.11. The zero-order chi connectivity index (χ0) is 9.68. The molecule has 1 rings (SSSR count). The van der Waals surface area contributed by atoms with Gasteiger partial charge in [-0.1, -0.05) is 5.21 Å². The number of rotatable bonds is 4. The maximum Gasteiger partial charge on any atom is 0.230 e. The molecule has 0 bridgehead atoms. The fourth-order valence-electron chi connectivity index (χ4n) is 0.802. The number of nitrogens with one attached hydrogen (secondary N) is 1. The summed E-state index contributed by atoms with van der Waals surface area (Å²) in [5, 5.41) is 21.4. The van der Waals surface area contributed by atoms with E-state index in [0.29, 0.717) is 12.4 Å². The largest absolute Gasteiger partial charge is 0.395 e. The van der Waals surface area contributed by atoms with E-state index in [4.69, 9.17) is 5.11 Å². The van der Waals surface area contributed by atoms with E-state index in [9.17, 15) is 4.79 Å². The molecule has 1 amide bonds. The Labute approximate surface area is 74.7 Å². The summed E-state index contributed by atoms with van der Waals surface area (Å²) in [6.07, 6.45) is 0.104. The normalized spacial score (nSPS) is 10.0. The Morgan fingerprint density at radius 2 is 2.46 bits per heavy atom. The van der Waals surface area contributed by atoms with Crippen LogP contribution in [0.3, 0.4) is 0 Å². The fraction of sp³-hybridized carbons (Fsp3) is 0.667. The quantitative estimate of drug-likeness (QED) is 0.576. The average Bonchev–Trinajstić information content (AvgIpc) is 2.57. The van der Waals surface area contributed by atoms with E-state index in [1.807, 2.05) is 0 Å². The minimum absolute atomic E-state index is 0.0471. The van der Waals surface area contributed by atoms with Crippen LogP contribution in [0, 0.1) is 0 Å². The van der Waals surface area contributed by atoms with Gasteiger partial charge < -0.3 is 10.0 Å². The number of amides is 1. The minimum atomic E-state index is -0.143. The molecule has 0 unspecified atom stereocenters. The molecule has 0 radical (unpaired) electrons. The van der Waals surface area contributed by atoms with Crippen molar-refractivity contribution in [1.82, 2.24) is 25.5 Å². The molecule has 0 aromatic carbocycles. The summed E-state index contributed by atoms with van der Waals surface area (Å²) in [5.74, 6) is 0.213. The van der Waals surface area contributed by atoms with E-state index in [2.05, 4.69) is 20.6 Å². The van der Waals surface area contributed by atoms with Gasteiger partial charge in [-0.3, -0.25) is 4.79 Å². The van der Waals surface area contributed by atoms with Gasteiger partial charge in [-0.25, -0.2) is 0 Å². The van der Waals surface area contributed by atoms with Crippen LogP contribution in [0.15, 0.2) is 0 Å². The molecule has 72 valence electrons. The Morgan fingerprint density at radius 3 is 3.00 bits per heavy atom. The van der Waals surface area contributed by atoms with Crippen LogP contribution in [0.5, 0.6) is 0 Å². The maximum atomic E-state index is 11.3. The molecule has 7 nitrogen and oxygen atoms in total. The molecule has 0 spiro atoms. The predicted octanol–water partition coefficient (Wildman–Crippen LogP) is -1.81. The highest BCUT2D eigenvalue weighted by molar-refractivity contribution is 5.77. The Bertz CT molecular complexity index is 260. The molecular formula is C6H11N5O2. The number of carbonyl (C=O) groups excluding carboxylic acids is 1. The minimum Gasteiger partial charge on any atom is -0.395 e. The smallest absolute Gasteiger partial charge is 0.230 e. The number of carbonyl (C=O) groups is 1. The topological polar surface area (TPSA) is 95.0 Å². The molecule has 0 saturated carbocycles. The monoisotopic (exact) mass is 185 g/mol. The molecule has 0 aliphatic heterocycles. The second kappa shape index (κ2) is 4.51. The first-order valence-corrected chi connectivity index (χ1v) is 3.81. The zero-order valence-corrected chi connectivity index (χ0v) is 7.27. The standard InChI is InChI=1S/C6H11N5O2/c1-11(2-3-12)6(13)4-5-7-9-10-8-5/h12H,2-4H2,1H3,(H,7,8,9,10). The van der Waals surface area contributed by atoms with Crippen LogP contribution in [-0.4, -0.2) is 56.7 Å². The number of aliphatic hydroxyl groups is 1. The molecule has 13 heavy (non-hydrogen) atoms. The fourth-order valence-corrected chi connectivity index (χ4v) is 0.802. The molecule has 0 aliphatic rings. The summed E-state index contributed by atoms with van der Waals surface area (Å²) < 4.78 is 0. The van der Waals surface area contributed by atoms with Gasteiger partial charge in [0.1, 0.15) is 0 Å². The maximum absolute atomic E-state index is 11.3. The van der Waals surface area contributed by atoms with Crippen molar-refractivity contribution in [2.75, 3.05) is 20.2 Å². The summed E-state index contributed by atoms with van der Waals surface area (Å²) in [7, 11) is 1.61. The Kier molecular flexibility index (Phi) is 3.32. The van der Waals surface area contributed by atoms with Crippen molar-refractivity contribution in [3.63, 3.8) is 0 Å². The van der Waals surface area contributed by atoms with Crippen molar-refractivity contribution in [2.24, 2.45) is 0 Å². The number of aliphatic hydroxyl groups excluding tert-OH is 1. The number of hydrogen-bond acceptors (Lipinski definition) is 5. The van der Waals surface area contributed by atoms with Crippen molar-refractivity contribution < 1.29 is 9.90 Å². The lowest BCUT2D eigenvalue weighted by Crippen LogP contribution is -2.31. The third-order valence-electron chi connectivity index (χ3n) is 1.56. The van der Waals surface area contributed by atoms with Gasteiger partial charge in [-0.2, -0.15) is 5.21 Å². The summed E-state index contributed by atoms with van der Waals surface area (Å²) in [6, 6.07) is 0. The van der Waals surface area contributed by atoms with E-state index >= 15 is 0 Å². The lowest BCUT2D eigenvalue weighted by Gasteiger charge is -2.13. The van der Waals surface area contributed by atoms with E-state index in [0.717, 1.165) is 0 Å². The molecular weight excluding hydrogens is 174 g/mol. The first-order chi connectivity index (χ1) is 6.24. The molecule has 7 heteroatoms. The Morgan fingerprint density at radius 1 is 1.69 bits per heavy atom. The van der Waals surface area contributed by atoms with Crippen molar-refractivity contribution in [2.45, 2.75) is 6.42 Å². The Hall–Kier alpha value is -1.50. The first-order valence-electron chi connectivity index (χ1n) is 3.81.